The summed E-state index contributed by atoms with van der Waals surface area (Å²) in [6.07, 6.45) is 0. The number of nitrogens with zero attached hydrogens (tertiary/aromatic N) is 3. The van der Waals surface area contributed by atoms with Crippen LogP contribution in [0.25, 0.3) is 87.7 Å². The van der Waals surface area contributed by atoms with Gasteiger partial charge in [0, 0.05) is 36.9 Å². The van der Waals surface area contributed by atoms with Crippen LogP contribution in [0.3, 0.4) is 0 Å². The molecule has 0 bridgehead atoms. The first-order valence-electron chi connectivity index (χ1n) is 17.2. The van der Waals surface area contributed by atoms with Gasteiger partial charge in [-0.25, -0.2) is 15.0 Å². The van der Waals surface area contributed by atoms with E-state index in [1.54, 1.807) is 0 Å². The van der Waals surface area contributed by atoms with Gasteiger partial charge in [0.15, 0.2) is 17.5 Å². The second kappa shape index (κ2) is 12.9. The third-order valence-electron chi connectivity index (χ3n) is 9.49. The van der Waals surface area contributed by atoms with Gasteiger partial charge in [0.05, 0.1) is 0 Å². The molecule has 0 radical (unpaired) electrons. The van der Waals surface area contributed by atoms with Crippen LogP contribution in [0.5, 0.6) is 0 Å². The third-order valence-corrected chi connectivity index (χ3v) is 10.7. The average molecular weight is 672 g/mol. The van der Waals surface area contributed by atoms with Crippen LogP contribution >= 0.6 is 11.3 Å². The fraction of sp³-hybridized carbons (Fsp3) is 0.0426. The van der Waals surface area contributed by atoms with E-state index in [0.29, 0.717) is 17.5 Å². The maximum absolute atomic E-state index is 5.01. The van der Waals surface area contributed by atoms with E-state index in [0.717, 1.165) is 27.8 Å². The van der Waals surface area contributed by atoms with Crippen molar-refractivity contribution in [1.82, 2.24) is 15.0 Å². The summed E-state index contributed by atoms with van der Waals surface area (Å²) < 4.78 is 2.61. The van der Waals surface area contributed by atoms with Crippen LogP contribution in [0, 0.1) is 13.8 Å². The number of fused-ring (bicyclic) bond motifs is 3. The highest BCUT2D eigenvalue weighted by Crippen LogP contribution is 2.42. The van der Waals surface area contributed by atoms with Gasteiger partial charge in [0.25, 0.3) is 0 Å². The van der Waals surface area contributed by atoms with Crippen molar-refractivity contribution in [3.05, 3.63) is 175 Å². The van der Waals surface area contributed by atoms with Crippen LogP contribution in [0.1, 0.15) is 11.1 Å². The highest BCUT2D eigenvalue weighted by Gasteiger charge is 2.15. The Kier molecular flexibility index (Phi) is 7.79. The molecule has 4 heteroatoms. The predicted molar refractivity (Wildman–Crippen MR) is 215 cm³/mol. The van der Waals surface area contributed by atoms with Crippen LogP contribution in [-0.2, 0) is 0 Å². The van der Waals surface area contributed by atoms with Crippen LogP contribution in [0.4, 0.5) is 0 Å². The summed E-state index contributed by atoms with van der Waals surface area (Å²) in [7, 11) is 0. The summed E-state index contributed by atoms with van der Waals surface area (Å²) in [5.74, 6) is 1.98. The molecule has 0 saturated heterocycles. The molecule has 51 heavy (non-hydrogen) atoms. The molecule has 7 aromatic carbocycles. The van der Waals surface area contributed by atoms with Crippen LogP contribution < -0.4 is 0 Å². The SMILES string of the molecule is Cc1ccc(-c2nc(-c3ccc(C)cc3)nc(-c3cccc(-c4cccc(-c5cccc6c5sc5cc(-c7ccccc7)ccc56)c4)c3)n2)cc1. The average Bonchev–Trinajstić information content (AvgIpc) is 3.57. The molecule has 0 fully saturated rings. The lowest BCUT2D eigenvalue weighted by atomic mass is 9.96. The molecule has 0 aliphatic rings. The van der Waals surface area contributed by atoms with Gasteiger partial charge < -0.3 is 0 Å². The summed E-state index contributed by atoms with van der Waals surface area (Å²) in [5, 5.41) is 2.59. The minimum absolute atomic E-state index is 0.652. The van der Waals surface area contributed by atoms with E-state index in [2.05, 4.69) is 178 Å². The standard InChI is InChI=1S/C47H33N3S/c1-30-17-21-33(22-18-30)45-48-46(34-23-19-31(2)20-24-34)50-47(49-45)39-14-7-12-36(28-39)35-11-6-13-38(27-35)40-15-8-16-42-41-26-25-37(29-43(41)51-44(40)42)32-9-4-3-5-10-32/h3-29H,1-2H3. The number of benzene rings is 7. The van der Waals surface area contributed by atoms with E-state index in [9.17, 15) is 0 Å². The Hall–Kier alpha value is -6.23. The molecule has 3 nitrogen and oxygen atoms in total. The van der Waals surface area contributed by atoms with Crippen LogP contribution in [0.15, 0.2) is 164 Å². The Labute approximate surface area is 301 Å². The van der Waals surface area contributed by atoms with Gasteiger partial charge >= 0.3 is 0 Å². The van der Waals surface area contributed by atoms with Crippen molar-refractivity contribution < 1.29 is 0 Å². The number of hydrogen-bond acceptors (Lipinski definition) is 4. The van der Waals surface area contributed by atoms with E-state index in [-0.39, 0.29) is 0 Å². The van der Waals surface area contributed by atoms with Gasteiger partial charge in [-0.2, -0.15) is 0 Å². The minimum Gasteiger partial charge on any atom is -0.208 e. The molecule has 0 amide bonds. The molecule has 0 aliphatic carbocycles. The Morgan fingerprint density at radius 3 is 1.49 bits per heavy atom. The van der Waals surface area contributed by atoms with E-state index >= 15 is 0 Å². The fourth-order valence-electron chi connectivity index (χ4n) is 6.71. The topological polar surface area (TPSA) is 38.7 Å². The molecule has 0 unspecified atom stereocenters. The number of rotatable bonds is 6. The smallest absolute Gasteiger partial charge is 0.164 e. The first-order valence-corrected chi connectivity index (χ1v) is 18.0. The second-order valence-corrected chi connectivity index (χ2v) is 14.1. The Balaban J connectivity index is 1.11. The predicted octanol–water partition coefficient (Wildman–Crippen LogP) is 12.9. The van der Waals surface area contributed by atoms with Gasteiger partial charge in [0.1, 0.15) is 0 Å². The summed E-state index contributed by atoms with van der Waals surface area (Å²) in [6.45, 7) is 4.18. The first kappa shape index (κ1) is 30.8. The number of aromatic nitrogens is 3. The Morgan fingerprint density at radius 2 is 0.843 bits per heavy atom. The zero-order valence-electron chi connectivity index (χ0n) is 28.3. The van der Waals surface area contributed by atoms with Gasteiger partial charge in [-0.05, 0) is 65.4 Å². The summed E-state index contributed by atoms with van der Waals surface area (Å²) >= 11 is 1.87. The van der Waals surface area contributed by atoms with Crippen molar-refractivity contribution in [2.45, 2.75) is 13.8 Å². The maximum atomic E-state index is 5.01. The lowest BCUT2D eigenvalue weighted by Crippen LogP contribution is -2.00. The van der Waals surface area contributed by atoms with Crippen molar-refractivity contribution in [1.29, 1.82) is 0 Å². The molecule has 0 aliphatic heterocycles. The van der Waals surface area contributed by atoms with Crippen molar-refractivity contribution in [2.24, 2.45) is 0 Å². The van der Waals surface area contributed by atoms with Crippen LogP contribution in [0.2, 0.25) is 0 Å². The highest BCUT2D eigenvalue weighted by molar-refractivity contribution is 7.26. The van der Waals surface area contributed by atoms with E-state index in [4.69, 9.17) is 15.0 Å². The zero-order valence-corrected chi connectivity index (χ0v) is 29.2. The largest absolute Gasteiger partial charge is 0.208 e. The molecule has 242 valence electrons. The lowest BCUT2D eigenvalue weighted by molar-refractivity contribution is 1.07. The minimum atomic E-state index is 0.652. The molecule has 0 N–H and O–H groups in total. The van der Waals surface area contributed by atoms with Crippen molar-refractivity contribution in [2.75, 3.05) is 0 Å². The molecule has 9 rings (SSSR count). The molecule has 2 heterocycles. The summed E-state index contributed by atoms with van der Waals surface area (Å²) in [6, 6.07) is 58.2. The normalized spacial score (nSPS) is 11.3. The highest BCUT2D eigenvalue weighted by atomic mass is 32.1. The van der Waals surface area contributed by atoms with Crippen molar-refractivity contribution in [3.63, 3.8) is 0 Å². The van der Waals surface area contributed by atoms with Gasteiger partial charge in [-0.3, -0.25) is 0 Å². The van der Waals surface area contributed by atoms with Gasteiger partial charge in [-0.1, -0.05) is 157 Å². The Morgan fingerprint density at radius 1 is 0.353 bits per heavy atom. The summed E-state index contributed by atoms with van der Waals surface area (Å²) in [4.78, 5) is 14.9. The van der Waals surface area contributed by atoms with Gasteiger partial charge in [-0.15, -0.1) is 11.3 Å². The summed E-state index contributed by atoms with van der Waals surface area (Å²) in [5.41, 5.74) is 12.5. The molecule has 0 spiro atoms. The second-order valence-electron chi connectivity index (χ2n) is 13.1. The van der Waals surface area contributed by atoms with Gasteiger partial charge in [0.2, 0.25) is 0 Å². The van der Waals surface area contributed by atoms with E-state index in [1.165, 1.54) is 53.6 Å². The zero-order chi connectivity index (χ0) is 34.3. The quantitative estimate of drug-likeness (QED) is 0.177. The fourth-order valence-corrected chi connectivity index (χ4v) is 7.99. The molecule has 0 saturated carbocycles. The molecule has 9 aromatic rings. The van der Waals surface area contributed by atoms with Crippen molar-refractivity contribution in [3.8, 4) is 67.5 Å². The van der Waals surface area contributed by atoms with E-state index in [1.807, 2.05) is 11.3 Å². The van der Waals surface area contributed by atoms with Crippen molar-refractivity contribution >= 4 is 31.5 Å². The molecular formula is C47H33N3S. The maximum Gasteiger partial charge on any atom is 0.164 e. The number of aryl methyl sites for hydroxylation is 2. The Bertz CT molecular complexity index is 2630. The first-order chi connectivity index (χ1) is 25.1. The van der Waals surface area contributed by atoms with Crippen LogP contribution in [-0.4, -0.2) is 15.0 Å². The number of hydrogen-bond donors (Lipinski definition) is 0. The lowest BCUT2D eigenvalue weighted by Gasteiger charge is -2.11. The van der Waals surface area contributed by atoms with E-state index < -0.39 is 0 Å². The monoisotopic (exact) mass is 671 g/mol. The molecule has 0 atom stereocenters. The molecule has 2 aromatic heterocycles. The number of thiophene rings is 1. The molecular weight excluding hydrogens is 639 g/mol. The third kappa shape index (κ3) is 6.01.